The molecule has 0 unspecified atom stereocenters. The van der Waals surface area contributed by atoms with Gasteiger partial charge in [-0.3, -0.25) is 4.79 Å². The molecule has 0 saturated heterocycles. The Morgan fingerprint density at radius 2 is 1.74 bits per heavy atom. The van der Waals surface area contributed by atoms with Gasteiger partial charge in [0.15, 0.2) is 5.82 Å². The molecule has 3 aromatic carbocycles. The maximum absolute atomic E-state index is 13.5. The molecule has 0 spiro atoms. The highest BCUT2D eigenvalue weighted by Crippen LogP contribution is 2.34. The molecule has 0 aliphatic rings. The van der Waals surface area contributed by atoms with Gasteiger partial charge in [0.2, 0.25) is 0 Å². The summed E-state index contributed by atoms with van der Waals surface area (Å²) in [6.45, 7) is 8.20. The minimum absolute atomic E-state index is 0.218. The Labute approximate surface area is 199 Å². The van der Waals surface area contributed by atoms with Crippen LogP contribution >= 0.6 is 0 Å². The molecule has 4 rings (SSSR count). The molecule has 0 atom stereocenters. The van der Waals surface area contributed by atoms with Crippen molar-refractivity contribution in [3.63, 3.8) is 0 Å². The minimum Gasteiger partial charge on any atom is -0.497 e. The van der Waals surface area contributed by atoms with Crippen LogP contribution < -0.4 is 15.0 Å². The molecule has 34 heavy (non-hydrogen) atoms. The Morgan fingerprint density at radius 1 is 0.971 bits per heavy atom. The molecule has 174 valence electrons. The number of hydrogen-bond acceptors (Lipinski definition) is 5. The van der Waals surface area contributed by atoms with Crippen LogP contribution in [0.15, 0.2) is 64.5 Å². The van der Waals surface area contributed by atoms with Crippen molar-refractivity contribution in [1.82, 2.24) is 9.66 Å². The van der Waals surface area contributed by atoms with E-state index in [1.807, 2.05) is 56.3 Å². The molecular weight excluding hydrogens is 426 g/mol. The van der Waals surface area contributed by atoms with Crippen LogP contribution in [0.2, 0.25) is 0 Å². The van der Waals surface area contributed by atoms with Crippen LogP contribution in [0, 0.1) is 13.8 Å². The van der Waals surface area contributed by atoms with Crippen LogP contribution in [0.3, 0.4) is 0 Å². The second-order valence-electron chi connectivity index (χ2n) is 8.60. The van der Waals surface area contributed by atoms with Crippen molar-refractivity contribution in [3.05, 3.63) is 87.2 Å². The van der Waals surface area contributed by atoms with E-state index in [-0.39, 0.29) is 11.5 Å². The Balaban J connectivity index is 1.97. The number of rotatable bonds is 6. The van der Waals surface area contributed by atoms with Crippen molar-refractivity contribution < 1.29 is 9.47 Å². The number of aromatic nitrogens is 2. The molecular formula is C28H29N3O3. The first-order valence-corrected chi connectivity index (χ1v) is 11.2. The van der Waals surface area contributed by atoms with Crippen LogP contribution in [0.25, 0.3) is 22.3 Å². The Hall–Kier alpha value is -3.93. The average Bonchev–Trinajstić information content (AvgIpc) is 2.83. The zero-order valence-electron chi connectivity index (χ0n) is 20.4. The molecule has 0 bridgehead atoms. The maximum Gasteiger partial charge on any atom is 0.282 e. The van der Waals surface area contributed by atoms with Crippen LogP contribution in [0.5, 0.6) is 11.5 Å². The van der Waals surface area contributed by atoms with E-state index in [0.717, 1.165) is 39.3 Å². The summed E-state index contributed by atoms with van der Waals surface area (Å²) in [4.78, 5) is 18.4. The van der Waals surface area contributed by atoms with Gasteiger partial charge in [0, 0.05) is 5.56 Å². The summed E-state index contributed by atoms with van der Waals surface area (Å²) in [5.41, 5.74) is 5.14. The lowest BCUT2D eigenvalue weighted by Crippen LogP contribution is -2.21. The first kappa shape index (κ1) is 23.2. The Kier molecular flexibility index (Phi) is 6.50. The van der Waals surface area contributed by atoms with E-state index in [1.165, 1.54) is 4.68 Å². The van der Waals surface area contributed by atoms with Gasteiger partial charge >= 0.3 is 0 Å². The molecule has 0 aliphatic carbocycles. The second kappa shape index (κ2) is 9.51. The molecule has 4 aromatic rings. The van der Waals surface area contributed by atoms with E-state index in [1.54, 1.807) is 26.5 Å². The predicted molar refractivity (Wildman–Crippen MR) is 138 cm³/mol. The molecule has 6 nitrogen and oxygen atoms in total. The van der Waals surface area contributed by atoms with Crippen molar-refractivity contribution in [2.24, 2.45) is 5.10 Å². The lowest BCUT2D eigenvalue weighted by Gasteiger charge is -2.17. The number of para-hydroxylation sites is 1. The number of fused-ring (bicyclic) bond motifs is 1. The number of benzene rings is 3. The van der Waals surface area contributed by atoms with Crippen LogP contribution in [-0.2, 0) is 0 Å². The zero-order valence-corrected chi connectivity index (χ0v) is 20.4. The second-order valence-corrected chi connectivity index (χ2v) is 8.60. The topological polar surface area (TPSA) is 65.7 Å². The minimum atomic E-state index is -0.218. The number of nitrogens with zero attached hydrogens (tertiary/aromatic N) is 3. The average molecular weight is 456 g/mol. The van der Waals surface area contributed by atoms with Gasteiger partial charge in [-0.2, -0.15) is 9.78 Å². The Morgan fingerprint density at radius 3 is 2.41 bits per heavy atom. The van der Waals surface area contributed by atoms with E-state index in [0.29, 0.717) is 16.7 Å². The summed E-state index contributed by atoms with van der Waals surface area (Å²) in [5.74, 6) is 2.33. The highest BCUT2D eigenvalue weighted by Gasteiger charge is 2.18. The maximum atomic E-state index is 13.5. The van der Waals surface area contributed by atoms with E-state index in [2.05, 4.69) is 25.0 Å². The largest absolute Gasteiger partial charge is 0.497 e. The molecule has 0 aliphatic heterocycles. The van der Waals surface area contributed by atoms with E-state index in [9.17, 15) is 4.79 Å². The van der Waals surface area contributed by atoms with Crippen molar-refractivity contribution in [3.8, 4) is 22.9 Å². The third-order valence-electron chi connectivity index (χ3n) is 5.98. The van der Waals surface area contributed by atoms with Crippen molar-refractivity contribution in [1.29, 1.82) is 0 Å². The summed E-state index contributed by atoms with van der Waals surface area (Å²) < 4.78 is 12.3. The Bertz CT molecular complexity index is 1450. The highest BCUT2D eigenvalue weighted by molar-refractivity contribution is 5.83. The molecule has 0 saturated carbocycles. The van der Waals surface area contributed by atoms with Gasteiger partial charge in [-0.05, 0) is 84.5 Å². The van der Waals surface area contributed by atoms with Crippen LogP contribution in [0.4, 0.5) is 0 Å². The first-order chi connectivity index (χ1) is 16.3. The molecule has 0 fully saturated rings. The molecule has 1 aromatic heterocycles. The molecule has 0 radical (unpaired) electrons. The predicted octanol–water partition coefficient (Wildman–Crippen LogP) is 5.70. The molecule has 0 N–H and O–H groups in total. The van der Waals surface area contributed by atoms with Crippen LogP contribution in [-0.4, -0.2) is 30.1 Å². The normalized spacial score (nSPS) is 11.5. The smallest absolute Gasteiger partial charge is 0.282 e. The van der Waals surface area contributed by atoms with E-state index >= 15 is 0 Å². The lowest BCUT2D eigenvalue weighted by molar-refractivity contribution is 0.407. The van der Waals surface area contributed by atoms with Gasteiger partial charge in [0.1, 0.15) is 11.5 Å². The third kappa shape index (κ3) is 4.31. The summed E-state index contributed by atoms with van der Waals surface area (Å²) in [5, 5.41) is 5.14. The third-order valence-corrected chi connectivity index (χ3v) is 5.98. The SMILES string of the molecule is COc1ccc(C=Nn2c(-c3cc(C(C)C)c(OC)cc3C)nc3ccccc3c2=O)c(C)c1. The fourth-order valence-electron chi connectivity index (χ4n) is 4.01. The molecule has 1 heterocycles. The summed E-state index contributed by atoms with van der Waals surface area (Å²) >= 11 is 0. The number of aryl methyl sites for hydroxylation is 2. The standard InChI is InChI=1S/C28H29N3O3/c1-17(2)23-15-24(19(4)14-26(23)34-6)27-30-25-10-8-7-9-22(25)28(32)31(27)29-16-20-11-12-21(33-5)13-18(20)3/h7-17H,1-6H3. The molecule has 0 amide bonds. The van der Waals surface area contributed by atoms with Gasteiger partial charge in [-0.25, -0.2) is 4.98 Å². The summed E-state index contributed by atoms with van der Waals surface area (Å²) in [7, 11) is 3.31. The fourth-order valence-corrected chi connectivity index (χ4v) is 4.01. The van der Waals surface area contributed by atoms with Gasteiger partial charge in [-0.1, -0.05) is 26.0 Å². The van der Waals surface area contributed by atoms with Crippen molar-refractivity contribution in [2.45, 2.75) is 33.6 Å². The van der Waals surface area contributed by atoms with E-state index < -0.39 is 0 Å². The van der Waals surface area contributed by atoms with Gasteiger partial charge in [0.25, 0.3) is 5.56 Å². The van der Waals surface area contributed by atoms with Gasteiger partial charge < -0.3 is 9.47 Å². The number of hydrogen-bond donors (Lipinski definition) is 0. The van der Waals surface area contributed by atoms with Crippen molar-refractivity contribution >= 4 is 17.1 Å². The van der Waals surface area contributed by atoms with Gasteiger partial charge in [-0.15, -0.1) is 0 Å². The van der Waals surface area contributed by atoms with Gasteiger partial charge in [0.05, 0.1) is 31.3 Å². The lowest BCUT2D eigenvalue weighted by atomic mass is 9.96. The van der Waals surface area contributed by atoms with Crippen molar-refractivity contribution in [2.75, 3.05) is 14.2 Å². The number of methoxy groups -OCH3 is 2. The fraction of sp³-hybridized carbons (Fsp3) is 0.250. The monoisotopic (exact) mass is 455 g/mol. The summed E-state index contributed by atoms with van der Waals surface area (Å²) in [6.07, 6.45) is 1.69. The van der Waals surface area contributed by atoms with E-state index in [4.69, 9.17) is 14.5 Å². The van der Waals surface area contributed by atoms with Crippen LogP contribution in [0.1, 0.15) is 42.0 Å². The first-order valence-electron chi connectivity index (χ1n) is 11.2. The highest BCUT2D eigenvalue weighted by atomic mass is 16.5. The molecule has 6 heteroatoms. The zero-order chi connectivity index (χ0) is 24.4. The number of ether oxygens (including phenoxy) is 2. The quantitative estimate of drug-likeness (QED) is 0.350. The summed E-state index contributed by atoms with van der Waals surface area (Å²) in [6, 6.07) is 17.1.